The molecule has 1 fully saturated rings. The van der Waals surface area contributed by atoms with Crippen molar-refractivity contribution in [1.29, 1.82) is 0 Å². The first-order valence-corrected chi connectivity index (χ1v) is 9.65. The van der Waals surface area contributed by atoms with Crippen LogP contribution in [0.1, 0.15) is 42.0 Å². The monoisotopic (exact) mass is 403 g/mol. The number of aromatic nitrogens is 2. The largest absolute Gasteiger partial charge is 0.484 e. The second-order valence-electron chi connectivity index (χ2n) is 7.39. The van der Waals surface area contributed by atoms with Crippen molar-refractivity contribution in [1.82, 2.24) is 14.9 Å². The summed E-state index contributed by atoms with van der Waals surface area (Å²) in [4.78, 5) is 11.5. The highest BCUT2D eigenvalue weighted by atomic mass is 32.1. The lowest BCUT2D eigenvalue weighted by molar-refractivity contribution is 0.0434. The average Bonchev–Trinajstić information content (AvgIpc) is 3.14. The second kappa shape index (κ2) is 9.11. The van der Waals surface area contributed by atoms with Crippen LogP contribution in [0.2, 0.25) is 0 Å². The van der Waals surface area contributed by atoms with Gasteiger partial charge in [0.05, 0.1) is 18.4 Å². The van der Waals surface area contributed by atoms with Crippen molar-refractivity contribution >= 4 is 13.5 Å². The summed E-state index contributed by atoms with van der Waals surface area (Å²) in [7, 11) is 0. The molecule has 0 spiro atoms. The van der Waals surface area contributed by atoms with Gasteiger partial charge in [0.1, 0.15) is 13.2 Å². The van der Waals surface area contributed by atoms with Crippen LogP contribution >= 0.6 is 13.5 Å². The summed E-state index contributed by atoms with van der Waals surface area (Å²) in [6, 6.07) is 8.42. The zero-order valence-corrected chi connectivity index (χ0v) is 17.8. The molecule has 0 aromatic carbocycles. The molecule has 2 aromatic rings. The number of rotatable bonds is 5. The maximum Gasteiger partial charge on any atom is 0.257 e. The van der Waals surface area contributed by atoms with Crippen molar-refractivity contribution in [3.05, 3.63) is 46.9 Å². The lowest BCUT2D eigenvalue weighted by Gasteiger charge is -2.25. The number of hydrogen-bond acceptors (Lipinski definition) is 6. The third kappa shape index (κ3) is 4.77. The molecule has 4 heterocycles. The van der Waals surface area contributed by atoms with Crippen molar-refractivity contribution in [2.75, 3.05) is 26.3 Å². The van der Waals surface area contributed by atoms with Gasteiger partial charge >= 0.3 is 0 Å². The van der Waals surface area contributed by atoms with Crippen LogP contribution in [0.5, 0.6) is 11.6 Å². The highest BCUT2D eigenvalue weighted by Crippen LogP contribution is 2.32. The highest BCUT2D eigenvalue weighted by molar-refractivity contribution is 7.59. The van der Waals surface area contributed by atoms with E-state index in [-0.39, 0.29) is 25.6 Å². The van der Waals surface area contributed by atoms with Gasteiger partial charge in [-0.1, -0.05) is 0 Å². The second-order valence-corrected chi connectivity index (χ2v) is 7.39. The van der Waals surface area contributed by atoms with Crippen LogP contribution in [0.25, 0.3) is 0 Å². The van der Waals surface area contributed by atoms with E-state index < -0.39 is 0 Å². The molecule has 7 heteroatoms. The fourth-order valence-corrected chi connectivity index (χ4v) is 3.83. The predicted molar refractivity (Wildman–Crippen MR) is 113 cm³/mol. The Morgan fingerprint density at radius 3 is 2.68 bits per heavy atom. The maximum atomic E-state index is 6.17. The minimum absolute atomic E-state index is 0. The van der Waals surface area contributed by atoms with Crippen molar-refractivity contribution in [2.24, 2.45) is 0 Å². The molecular weight excluding hydrogens is 374 g/mol. The Hall–Kier alpha value is -1.83. The van der Waals surface area contributed by atoms with Crippen LogP contribution in [0, 0.1) is 13.8 Å². The fraction of sp³-hybridized carbons (Fsp3) is 0.524. The third-order valence-corrected chi connectivity index (χ3v) is 5.21. The number of likely N-dealkylation sites (tertiary alicyclic amines) is 1. The first-order chi connectivity index (χ1) is 13.1. The molecule has 0 saturated carbocycles. The quantitative estimate of drug-likeness (QED) is 0.763. The van der Waals surface area contributed by atoms with E-state index in [1.54, 1.807) is 0 Å². The van der Waals surface area contributed by atoms with Crippen molar-refractivity contribution in [3.63, 3.8) is 0 Å². The molecule has 0 aliphatic carbocycles. The Morgan fingerprint density at radius 1 is 1.14 bits per heavy atom. The summed E-state index contributed by atoms with van der Waals surface area (Å²) >= 11 is 0. The van der Waals surface area contributed by atoms with E-state index >= 15 is 0 Å². The average molecular weight is 404 g/mol. The van der Waals surface area contributed by atoms with Crippen LogP contribution in [-0.2, 0) is 11.3 Å². The number of aryl methyl sites for hydroxylation is 2. The van der Waals surface area contributed by atoms with Crippen LogP contribution in [0.3, 0.4) is 0 Å². The smallest absolute Gasteiger partial charge is 0.257 e. The van der Waals surface area contributed by atoms with Crippen molar-refractivity contribution in [3.8, 4) is 11.6 Å². The molecule has 152 valence electrons. The summed E-state index contributed by atoms with van der Waals surface area (Å²) in [6.45, 7) is 9.95. The molecular formula is C21H29N3O3S. The predicted octanol–water partition coefficient (Wildman–Crippen LogP) is 3.33. The molecule has 2 aliphatic heterocycles. The zero-order valence-electron chi connectivity index (χ0n) is 16.8. The van der Waals surface area contributed by atoms with E-state index in [1.807, 2.05) is 26.0 Å². The first kappa shape index (κ1) is 20.9. The molecule has 4 rings (SSSR count). The van der Waals surface area contributed by atoms with Crippen LogP contribution < -0.4 is 9.47 Å². The van der Waals surface area contributed by atoms with Gasteiger partial charge in [0, 0.05) is 30.5 Å². The molecule has 28 heavy (non-hydrogen) atoms. The van der Waals surface area contributed by atoms with E-state index in [9.17, 15) is 0 Å². The van der Waals surface area contributed by atoms with Gasteiger partial charge in [-0.05, 0) is 57.0 Å². The Balaban J connectivity index is 0.00000225. The van der Waals surface area contributed by atoms with Gasteiger partial charge in [-0.15, -0.1) is 0 Å². The lowest BCUT2D eigenvalue weighted by Crippen LogP contribution is -2.27. The van der Waals surface area contributed by atoms with Crippen molar-refractivity contribution < 1.29 is 14.2 Å². The number of pyridine rings is 2. The molecule has 0 amide bonds. The molecule has 1 saturated heterocycles. The van der Waals surface area contributed by atoms with Crippen LogP contribution in [0.15, 0.2) is 24.3 Å². The van der Waals surface area contributed by atoms with E-state index in [0.717, 1.165) is 42.3 Å². The summed E-state index contributed by atoms with van der Waals surface area (Å²) in [5.74, 6) is 1.35. The van der Waals surface area contributed by atoms with Gasteiger partial charge in [-0.3, -0.25) is 9.88 Å². The molecule has 1 unspecified atom stereocenters. The summed E-state index contributed by atoms with van der Waals surface area (Å²) in [6.07, 6.45) is 1.29. The van der Waals surface area contributed by atoms with E-state index in [2.05, 4.69) is 33.9 Å². The minimum Gasteiger partial charge on any atom is -0.484 e. The summed E-state index contributed by atoms with van der Waals surface area (Å²) in [5.41, 5.74) is 4.29. The van der Waals surface area contributed by atoms with Gasteiger partial charge in [-0.2, -0.15) is 13.5 Å². The molecule has 0 bridgehead atoms. The molecule has 6 nitrogen and oxygen atoms in total. The number of fused-ring (bicyclic) bond motifs is 1. The summed E-state index contributed by atoms with van der Waals surface area (Å²) < 4.78 is 17.4. The number of ether oxygens (including phenoxy) is 3. The van der Waals surface area contributed by atoms with E-state index in [4.69, 9.17) is 14.2 Å². The molecule has 2 aliphatic rings. The van der Waals surface area contributed by atoms with E-state index in [0.29, 0.717) is 25.7 Å². The number of hydrogen-bond donors (Lipinski definition) is 0. The topological polar surface area (TPSA) is 56.7 Å². The van der Waals surface area contributed by atoms with Crippen LogP contribution in [0.4, 0.5) is 0 Å². The SMILES string of the molecule is Cc1cc(CO[C@H]2CCN(C(C)c3ccc4c(n3)OCCO4)C2)cc(C)n1.S. The maximum absolute atomic E-state index is 6.17. The Kier molecular flexibility index (Phi) is 6.80. The third-order valence-electron chi connectivity index (χ3n) is 5.21. The van der Waals surface area contributed by atoms with Crippen LogP contribution in [-0.4, -0.2) is 47.3 Å². The first-order valence-electron chi connectivity index (χ1n) is 9.65. The standard InChI is InChI=1S/C21H27N3O3.H2S/c1-14-10-17(11-15(2)22-14)13-27-18-6-7-24(12-18)16(3)19-4-5-20-21(23-19)26-9-8-25-20;/h4-5,10-11,16,18H,6-9,12-13H2,1-3H3;1H2/t16?,18-;/m0./s1. The van der Waals surface area contributed by atoms with Gasteiger partial charge in [0.15, 0.2) is 5.75 Å². The Bertz CT molecular complexity index is 797. The molecule has 0 N–H and O–H groups in total. The Labute approximate surface area is 173 Å². The highest BCUT2D eigenvalue weighted by Gasteiger charge is 2.29. The normalized spacial score (nSPS) is 19.9. The fourth-order valence-electron chi connectivity index (χ4n) is 3.83. The number of nitrogens with zero attached hydrogens (tertiary/aromatic N) is 3. The zero-order chi connectivity index (χ0) is 18.8. The Morgan fingerprint density at radius 2 is 1.89 bits per heavy atom. The van der Waals surface area contributed by atoms with Gasteiger partial charge in [0.2, 0.25) is 0 Å². The minimum atomic E-state index is 0. The van der Waals surface area contributed by atoms with Gasteiger partial charge < -0.3 is 14.2 Å². The summed E-state index contributed by atoms with van der Waals surface area (Å²) in [5, 5.41) is 0. The lowest BCUT2D eigenvalue weighted by atomic mass is 10.2. The molecule has 2 aromatic heterocycles. The van der Waals surface area contributed by atoms with Crippen molar-refractivity contribution in [2.45, 2.75) is 45.9 Å². The molecule has 0 radical (unpaired) electrons. The van der Waals surface area contributed by atoms with Gasteiger partial charge in [0.25, 0.3) is 5.88 Å². The molecule has 2 atom stereocenters. The van der Waals surface area contributed by atoms with E-state index in [1.165, 1.54) is 5.56 Å². The van der Waals surface area contributed by atoms with Gasteiger partial charge in [-0.25, -0.2) is 4.98 Å².